The minimum atomic E-state index is -0.466. The summed E-state index contributed by atoms with van der Waals surface area (Å²) in [7, 11) is 1.99. The maximum Gasteiger partial charge on any atom is 0.140 e. The third kappa shape index (κ3) is 4.82. The average molecular weight is 250 g/mol. The number of hydrogen-bond donors (Lipinski definition) is 1. The summed E-state index contributed by atoms with van der Waals surface area (Å²) in [6, 6.07) is 6.49. The number of benzene rings is 1. The molecule has 0 aromatic heterocycles. The Labute approximate surface area is 107 Å². The molecule has 0 radical (unpaired) electrons. The number of hydrogen-bond acceptors (Lipinski definition) is 3. The molecule has 1 aromatic carbocycles. The van der Waals surface area contributed by atoms with Crippen molar-refractivity contribution in [1.82, 2.24) is 4.90 Å². The summed E-state index contributed by atoms with van der Waals surface area (Å²) in [6.45, 7) is 1.88. The maximum atomic E-state index is 13.1. The minimum absolute atomic E-state index is 0.0983. The zero-order valence-corrected chi connectivity index (χ0v) is 10.7. The fourth-order valence-electron chi connectivity index (χ4n) is 1.82. The molecule has 0 spiro atoms. The van der Waals surface area contributed by atoms with E-state index in [9.17, 15) is 4.39 Å². The molecule has 0 saturated carbocycles. The molecule has 0 atom stereocenters. The molecular weight excluding hydrogens is 231 g/mol. The van der Waals surface area contributed by atoms with E-state index in [0.29, 0.717) is 6.54 Å². The third-order valence-corrected chi connectivity index (χ3v) is 2.80. The molecule has 98 valence electrons. The molecule has 1 rings (SSSR count). The molecule has 0 unspecified atom stereocenters. The van der Waals surface area contributed by atoms with Gasteiger partial charge in [-0.05, 0) is 50.6 Å². The molecule has 1 aromatic rings. The second-order valence-corrected chi connectivity index (χ2v) is 4.45. The van der Waals surface area contributed by atoms with Crippen LogP contribution < -0.4 is 0 Å². The lowest BCUT2D eigenvalue weighted by Crippen LogP contribution is -2.19. The van der Waals surface area contributed by atoms with Gasteiger partial charge >= 0.3 is 0 Å². The lowest BCUT2D eigenvalue weighted by Gasteiger charge is -2.16. The van der Waals surface area contributed by atoms with Gasteiger partial charge in [0.1, 0.15) is 11.9 Å². The van der Waals surface area contributed by atoms with E-state index in [2.05, 4.69) is 4.90 Å². The van der Waals surface area contributed by atoms with Gasteiger partial charge in [-0.2, -0.15) is 5.26 Å². The largest absolute Gasteiger partial charge is 0.396 e. The van der Waals surface area contributed by atoms with Crippen LogP contribution in [0.1, 0.15) is 30.4 Å². The molecule has 0 aliphatic rings. The van der Waals surface area contributed by atoms with E-state index in [-0.39, 0.29) is 12.2 Å². The van der Waals surface area contributed by atoms with E-state index in [0.717, 1.165) is 31.4 Å². The summed E-state index contributed by atoms with van der Waals surface area (Å²) in [6.07, 6.45) is 2.88. The molecule has 4 heteroatoms. The molecule has 0 bridgehead atoms. The Morgan fingerprint density at radius 2 is 2.11 bits per heavy atom. The lowest BCUT2D eigenvalue weighted by molar-refractivity contribution is 0.271. The van der Waals surface area contributed by atoms with Crippen LogP contribution in [0.5, 0.6) is 0 Å². The van der Waals surface area contributed by atoms with Crippen molar-refractivity contribution in [2.75, 3.05) is 20.2 Å². The van der Waals surface area contributed by atoms with Crippen LogP contribution in [0, 0.1) is 17.1 Å². The zero-order chi connectivity index (χ0) is 13.4. The number of nitriles is 1. The maximum absolute atomic E-state index is 13.1. The van der Waals surface area contributed by atoms with E-state index in [1.807, 2.05) is 13.1 Å². The Morgan fingerprint density at radius 3 is 2.78 bits per heavy atom. The van der Waals surface area contributed by atoms with Gasteiger partial charge in [0.15, 0.2) is 0 Å². The first-order valence-corrected chi connectivity index (χ1v) is 6.15. The van der Waals surface area contributed by atoms with Crippen LogP contribution in [0.4, 0.5) is 4.39 Å². The Bertz CT molecular complexity index is 415. The van der Waals surface area contributed by atoms with Crippen molar-refractivity contribution in [2.24, 2.45) is 0 Å². The van der Waals surface area contributed by atoms with Crippen LogP contribution in [0.2, 0.25) is 0 Å². The van der Waals surface area contributed by atoms with E-state index < -0.39 is 5.82 Å². The standard InChI is InChI=1S/C14H19FN2O/c1-17(7-3-2-4-8-18)11-12-5-6-14(15)13(9-12)10-16/h5-6,9,18H,2-4,7-8,11H2,1H3. The zero-order valence-electron chi connectivity index (χ0n) is 10.7. The first-order chi connectivity index (χ1) is 8.67. The second kappa shape index (κ2) is 7.80. The van der Waals surface area contributed by atoms with Gasteiger partial charge in [-0.25, -0.2) is 4.39 Å². The number of unbranched alkanes of at least 4 members (excludes halogenated alkanes) is 2. The van der Waals surface area contributed by atoms with E-state index in [1.54, 1.807) is 12.1 Å². The second-order valence-electron chi connectivity index (χ2n) is 4.45. The molecular formula is C14H19FN2O. The number of nitrogens with zero attached hydrogens (tertiary/aromatic N) is 2. The first-order valence-electron chi connectivity index (χ1n) is 6.15. The number of halogens is 1. The molecule has 0 fully saturated rings. The smallest absolute Gasteiger partial charge is 0.140 e. The summed E-state index contributed by atoms with van der Waals surface area (Å²) in [5, 5.41) is 17.4. The molecule has 18 heavy (non-hydrogen) atoms. The molecule has 3 nitrogen and oxygen atoms in total. The topological polar surface area (TPSA) is 47.3 Å². The summed E-state index contributed by atoms with van der Waals surface area (Å²) in [4.78, 5) is 2.13. The van der Waals surface area contributed by atoms with Crippen LogP contribution in [-0.4, -0.2) is 30.2 Å². The van der Waals surface area contributed by atoms with Crippen LogP contribution in [0.25, 0.3) is 0 Å². The highest BCUT2D eigenvalue weighted by molar-refractivity contribution is 5.34. The fourth-order valence-corrected chi connectivity index (χ4v) is 1.82. The van der Waals surface area contributed by atoms with Gasteiger partial charge < -0.3 is 10.0 Å². The minimum Gasteiger partial charge on any atom is -0.396 e. The van der Waals surface area contributed by atoms with Crippen molar-refractivity contribution < 1.29 is 9.50 Å². The summed E-state index contributed by atoms with van der Waals surface area (Å²) in [5.41, 5.74) is 1.04. The number of aliphatic hydroxyl groups is 1. The van der Waals surface area contributed by atoms with Crippen LogP contribution >= 0.6 is 0 Å². The van der Waals surface area contributed by atoms with E-state index >= 15 is 0 Å². The highest BCUT2D eigenvalue weighted by Crippen LogP contribution is 2.11. The van der Waals surface area contributed by atoms with Gasteiger partial charge in [0.05, 0.1) is 5.56 Å². The highest BCUT2D eigenvalue weighted by atomic mass is 19.1. The number of aliphatic hydroxyl groups excluding tert-OH is 1. The predicted octanol–water partition coefficient (Wildman–Crippen LogP) is 2.29. The first kappa shape index (κ1) is 14.6. The van der Waals surface area contributed by atoms with E-state index in [4.69, 9.17) is 10.4 Å². The average Bonchev–Trinajstić information content (AvgIpc) is 2.37. The van der Waals surface area contributed by atoms with Crippen molar-refractivity contribution in [1.29, 1.82) is 5.26 Å². The van der Waals surface area contributed by atoms with Gasteiger partial charge in [-0.15, -0.1) is 0 Å². The Balaban J connectivity index is 2.44. The SMILES string of the molecule is CN(CCCCCO)Cc1ccc(F)c(C#N)c1. The molecule has 0 amide bonds. The molecule has 0 heterocycles. The monoisotopic (exact) mass is 250 g/mol. The Morgan fingerprint density at radius 1 is 1.33 bits per heavy atom. The van der Waals surface area contributed by atoms with Crippen molar-refractivity contribution in [3.05, 3.63) is 35.1 Å². The van der Waals surface area contributed by atoms with Gasteiger partial charge in [0.25, 0.3) is 0 Å². The third-order valence-electron chi connectivity index (χ3n) is 2.80. The van der Waals surface area contributed by atoms with Gasteiger partial charge in [0.2, 0.25) is 0 Å². The fraction of sp³-hybridized carbons (Fsp3) is 0.500. The van der Waals surface area contributed by atoms with Crippen molar-refractivity contribution in [3.8, 4) is 6.07 Å². The molecule has 0 aliphatic carbocycles. The molecule has 0 aliphatic heterocycles. The summed E-state index contributed by atoms with van der Waals surface area (Å²) < 4.78 is 13.1. The van der Waals surface area contributed by atoms with Gasteiger partial charge in [0, 0.05) is 13.2 Å². The van der Waals surface area contributed by atoms with Crippen molar-refractivity contribution >= 4 is 0 Å². The normalized spacial score (nSPS) is 10.6. The van der Waals surface area contributed by atoms with Gasteiger partial charge in [-0.1, -0.05) is 6.07 Å². The van der Waals surface area contributed by atoms with Gasteiger partial charge in [-0.3, -0.25) is 0 Å². The number of rotatable bonds is 7. The summed E-state index contributed by atoms with van der Waals surface area (Å²) >= 11 is 0. The Kier molecular flexibility index (Phi) is 6.34. The van der Waals surface area contributed by atoms with Crippen molar-refractivity contribution in [3.63, 3.8) is 0 Å². The quantitative estimate of drug-likeness (QED) is 0.755. The van der Waals surface area contributed by atoms with E-state index in [1.165, 1.54) is 6.07 Å². The lowest BCUT2D eigenvalue weighted by atomic mass is 10.1. The van der Waals surface area contributed by atoms with Crippen LogP contribution in [0.15, 0.2) is 18.2 Å². The highest BCUT2D eigenvalue weighted by Gasteiger charge is 2.05. The Hall–Kier alpha value is -1.44. The summed E-state index contributed by atoms with van der Waals surface area (Å²) in [5.74, 6) is -0.466. The van der Waals surface area contributed by atoms with Crippen LogP contribution in [0.3, 0.4) is 0 Å². The van der Waals surface area contributed by atoms with Crippen molar-refractivity contribution in [2.45, 2.75) is 25.8 Å². The molecule has 1 N–H and O–H groups in total. The predicted molar refractivity (Wildman–Crippen MR) is 68.4 cm³/mol. The molecule has 0 saturated heterocycles. The van der Waals surface area contributed by atoms with Crippen LogP contribution in [-0.2, 0) is 6.54 Å².